The second-order valence-corrected chi connectivity index (χ2v) is 14.3. The zero-order valence-electron chi connectivity index (χ0n) is 27.9. The molecule has 3 heterocycles. The van der Waals surface area contributed by atoms with Gasteiger partial charge in [0.1, 0.15) is 11.2 Å². The predicted octanol–water partition coefficient (Wildman–Crippen LogP) is 13.7. The van der Waals surface area contributed by atoms with Gasteiger partial charge in [0.15, 0.2) is 5.82 Å². The van der Waals surface area contributed by atoms with Crippen LogP contribution in [0.2, 0.25) is 0 Å². The summed E-state index contributed by atoms with van der Waals surface area (Å²) in [6.07, 6.45) is 0. The van der Waals surface area contributed by atoms with Gasteiger partial charge in [-0.05, 0) is 68.1 Å². The van der Waals surface area contributed by atoms with E-state index in [-0.39, 0.29) is 0 Å². The van der Waals surface area contributed by atoms with Crippen LogP contribution in [-0.4, -0.2) is 9.97 Å². The normalized spacial score (nSPS) is 11.8. The van der Waals surface area contributed by atoms with Crippen molar-refractivity contribution in [3.05, 3.63) is 170 Å². The van der Waals surface area contributed by atoms with Crippen LogP contribution in [0.25, 0.3) is 109 Å². The molecule has 4 heteroatoms. The van der Waals surface area contributed by atoms with E-state index in [1.165, 1.54) is 37.4 Å². The summed E-state index contributed by atoms with van der Waals surface area (Å²) < 4.78 is 9.04. The summed E-state index contributed by atoms with van der Waals surface area (Å²) in [6.45, 7) is 0. The average molecular weight is 681 g/mol. The fourth-order valence-corrected chi connectivity index (χ4v) is 8.99. The van der Waals surface area contributed by atoms with Crippen LogP contribution < -0.4 is 0 Å². The fourth-order valence-electron chi connectivity index (χ4n) is 7.84. The van der Waals surface area contributed by atoms with E-state index in [0.29, 0.717) is 5.82 Å². The minimum Gasteiger partial charge on any atom is -0.456 e. The second-order valence-electron chi connectivity index (χ2n) is 13.3. The summed E-state index contributed by atoms with van der Waals surface area (Å²) in [7, 11) is 0. The van der Waals surface area contributed by atoms with Crippen molar-refractivity contribution < 1.29 is 4.42 Å². The van der Waals surface area contributed by atoms with Crippen LogP contribution in [0.3, 0.4) is 0 Å². The van der Waals surface area contributed by atoms with Crippen LogP contribution in [0.4, 0.5) is 0 Å². The van der Waals surface area contributed by atoms with Gasteiger partial charge in [-0.2, -0.15) is 0 Å². The van der Waals surface area contributed by atoms with Gasteiger partial charge >= 0.3 is 0 Å². The fraction of sp³-hybridized carbons (Fsp3) is 0. The lowest BCUT2D eigenvalue weighted by Gasteiger charge is -2.11. The van der Waals surface area contributed by atoms with E-state index < -0.39 is 0 Å². The SMILES string of the molecule is c1ccc(-c2nc(-c3ccc4c(c3)oc3cc(-c5ccc(-c6cccc7ccccc67)cc5)c5ccccc5c34)nc3c2sc2ccccc23)cc1. The second kappa shape index (κ2) is 11.5. The van der Waals surface area contributed by atoms with Crippen LogP contribution in [-0.2, 0) is 0 Å². The average Bonchev–Trinajstić information content (AvgIpc) is 3.78. The highest BCUT2D eigenvalue weighted by atomic mass is 32.1. The summed E-state index contributed by atoms with van der Waals surface area (Å²) in [4.78, 5) is 10.4. The van der Waals surface area contributed by atoms with Gasteiger partial charge in [-0.25, -0.2) is 9.97 Å². The predicted molar refractivity (Wildman–Crippen MR) is 219 cm³/mol. The Labute approximate surface area is 303 Å². The molecule has 0 radical (unpaired) electrons. The Hall–Kier alpha value is -6.62. The van der Waals surface area contributed by atoms with Gasteiger partial charge in [0, 0.05) is 32.0 Å². The topological polar surface area (TPSA) is 38.9 Å². The molecular weight excluding hydrogens is 653 g/mol. The number of rotatable bonds is 4. The molecule has 8 aromatic carbocycles. The summed E-state index contributed by atoms with van der Waals surface area (Å²) in [5, 5.41) is 8.24. The molecule has 0 spiro atoms. The third-order valence-corrected chi connectivity index (χ3v) is 11.5. The minimum atomic E-state index is 0.689. The first-order valence-corrected chi connectivity index (χ1v) is 18.3. The lowest BCUT2D eigenvalue weighted by Crippen LogP contribution is -1.93. The van der Waals surface area contributed by atoms with Crippen LogP contribution >= 0.6 is 11.3 Å². The van der Waals surface area contributed by atoms with E-state index >= 15 is 0 Å². The maximum Gasteiger partial charge on any atom is 0.160 e. The van der Waals surface area contributed by atoms with E-state index in [4.69, 9.17) is 14.4 Å². The Bertz CT molecular complexity index is 3170. The molecule has 0 atom stereocenters. The number of hydrogen-bond acceptors (Lipinski definition) is 4. The Balaban J connectivity index is 1.06. The van der Waals surface area contributed by atoms with Crippen molar-refractivity contribution in [2.45, 2.75) is 0 Å². The summed E-state index contributed by atoms with van der Waals surface area (Å²) in [5.41, 5.74) is 10.4. The molecule has 0 N–H and O–H groups in total. The van der Waals surface area contributed by atoms with E-state index in [9.17, 15) is 0 Å². The molecule has 52 heavy (non-hydrogen) atoms. The van der Waals surface area contributed by atoms with E-state index in [2.05, 4.69) is 164 Å². The van der Waals surface area contributed by atoms with E-state index in [1.54, 1.807) is 11.3 Å². The molecule has 11 aromatic rings. The standard InChI is InChI=1S/C48H28N2OS/c1-2-12-32(13-3-1)45-47-46(39-18-8-9-20-43(39)52-47)50-48(49-45)33-25-26-38-41(27-33)51-42-28-40(36-16-6-7-17-37(36)44(38)42)31-23-21-30(22-24-31)35-19-10-14-29-11-4-5-15-34(29)35/h1-28H. The molecule has 11 rings (SSSR count). The van der Waals surface area contributed by atoms with Crippen LogP contribution in [0, 0.1) is 0 Å². The van der Waals surface area contributed by atoms with Crippen LogP contribution in [0.5, 0.6) is 0 Å². The third kappa shape index (κ3) is 4.51. The lowest BCUT2D eigenvalue weighted by molar-refractivity contribution is 0.669. The lowest BCUT2D eigenvalue weighted by atomic mass is 9.93. The van der Waals surface area contributed by atoms with Crippen LogP contribution in [0.1, 0.15) is 0 Å². The first-order valence-electron chi connectivity index (χ1n) is 17.5. The number of aromatic nitrogens is 2. The molecule has 0 aliphatic rings. The Kier molecular flexibility index (Phi) is 6.42. The van der Waals surface area contributed by atoms with Crippen molar-refractivity contribution in [1.82, 2.24) is 9.97 Å². The maximum absolute atomic E-state index is 6.73. The van der Waals surface area contributed by atoms with Gasteiger partial charge < -0.3 is 4.42 Å². The molecule has 0 bridgehead atoms. The Morgan fingerprint density at radius 2 is 1.10 bits per heavy atom. The summed E-state index contributed by atoms with van der Waals surface area (Å²) >= 11 is 1.75. The van der Waals surface area contributed by atoms with E-state index in [0.717, 1.165) is 65.5 Å². The van der Waals surface area contributed by atoms with Gasteiger partial charge in [-0.15, -0.1) is 11.3 Å². The maximum atomic E-state index is 6.73. The smallest absolute Gasteiger partial charge is 0.160 e. The van der Waals surface area contributed by atoms with Crippen molar-refractivity contribution in [1.29, 1.82) is 0 Å². The number of hydrogen-bond donors (Lipinski definition) is 0. The largest absolute Gasteiger partial charge is 0.456 e. The van der Waals surface area contributed by atoms with Gasteiger partial charge in [0.05, 0.1) is 15.9 Å². The van der Waals surface area contributed by atoms with Gasteiger partial charge in [-0.3, -0.25) is 0 Å². The molecule has 0 saturated carbocycles. The minimum absolute atomic E-state index is 0.689. The first-order chi connectivity index (χ1) is 25.8. The highest BCUT2D eigenvalue weighted by molar-refractivity contribution is 7.26. The molecule has 3 nitrogen and oxygen atoms in total. The van der Waals surface area contributed by atoms with Crippen molar-refractivity contribution in [3.63, 3.8) is 0 Å². The zero-order chi connectivity index (χ0) is 34.2. The Morgan fingerprint density at radius 3 is 1.94 bits per heavy atom. The number of nitrogens with zero attached hydrogens (tertiary/aromatic N) is 2. The number of benzene rings is 8. The van der Waals surface area contributed by atoms with Gasteiger partial charge in [-0.1, -0.05) is 146 Å². The van der Waals surface area contributed by atoms with Gasteiger partial charge in [0.25, 0.3) is 0 Å². The quantitative estimate of drug-likeness (QED) is 0.186. The molecule has 0 aliphatic heterocycles. The highest BCUT2D eigenvalue weighted by Crippen LogP contribution is 2.43. The molecular formula is C48H28N2OS. The summed E-state index contributed by atoms with van der Waals surface area (Å²) in [5.74, 6) is 0.689. The first kappa shape index (κ1) is 29.1. The van der Waals surface area contributed by atoms with Crippen molar-refractivity contribution in [3.8, 4) is 44.9 Å². The molecule has 0 saturated heterocycles. The zero-order valence-corrected chi connectivity index (χ0v) is 28.7. The van der Waals surface area contributed by atoms with E-state index in [1.807, 2.05) is 6.07 Å². The van der Waals surface area contributed by atoms with Crippen molar-refractivity contribution in [2.24, 2.45) is 0 Å². The van der Waals surface area contributed by atoms with Crippen molar-refractivity contribution >= 4 is 75.1 Å². The molecule has 0 fully saturated rings. The van der Waals surface area contributed by atoms with Crippen molar-refractivity contribution in [2.75, 3.05) is 0 Å². The molecule has 0 unspecified atom stereocenters. The monoisotopic (exact) mass is 680 g/mol. The molecule has 0 amide bonds. The third-order valence-electron chi connectivity index (χ3n) is 10.3. The number of furan rings is 1. The Morgan fingerprint density at radius 1 is 0.423 bits per heavy atom. The number of thiophene rings is 1. The van der Waals surface area contributed by atoms with Gasteiger partial charge in [0.2, 0.25) is 0 Å². The molecule has 0 aliphatic carbocycles. The van der Waals surface area contributed by atoms with Crippen LogP contribution in [0.15, 0.2) is 174 Å². The molecule has 242 valence electrons. The summed E-state index contributed by atoms with van der Waals surface area (Å²) in [6, 6.07) is 60.2. The number of fused-ring (bicyclic) bond motifs is 9. The highest BCUT2D eigenvalue weighted by Gasteiger charge is 2.19. The molecule has 3 aromatic heterocycles.